The molecule has 0 aromatic rings. The Hall–Kier alpha value is -0.830. The summed E-state index contributed by atoms with van der Waals surface area (Å²) in [5.41, 5.74) is 2.76. The summed E-state index contributed by atoms with van der Waals surface area (Å²) in [7, 11) is 0. The quantitative estimate of drug-likeness (QED) is 0.306. The third kappa shape index (κ3) is 3.63. The summed E-state index contributed by atoms with van der Waals surface area (Å²) >= 11 is 0. The van der Waals surface area contributed by atoms with E-state index >= 15 is 0 Å². The summed E-state index contributed by atoms with van der Waals surface area (Å²) in [6.07, 6.45) is 14.4. The highest BCUT2D eigenvalue weighted by Crippen LogP contribution is 2.70. The first-order chi connectivity index (χ1) is 16.2. The molecule has 198 valence electrons. The Labute approximate surface area is 214 Å². The van der Waals surface area contributed by atoms with Gasteiger partial charge in [-0.3, -0.25) is 4.79 Å². The van der Waals surface area contributed by atoms with Crippen molar-refractivity contribution in [1.29, 1.82) is 0 Å². The zero-order valence-corrected chi connectivity index (χ0v) is 23.9. The number of fused-ring (bicyclic) bond motifs is 6. The second-order valence-electron chi connectivity index (χ2n) is 15.5. The molecule has 0 heterocycles. The normalized spacial score (nSPS) is 50.4. The summed E-state index contributed by atoms with van der Waals surface area (Å²) in [6.45, 7) is 18.8. The summed E-state index contributed by atoms with van der Waals surface area (Å²) in [6, 6.07) is 0. The maximum Gasteiger partial charge on any atom is 0.302 e. The molecule has 0 unspecified atom stereocenters. The van der Waals surface area contributed by atoms with Gasteiger partial charge in [0.2, 0.25) is 0 Å². The molecule has 0 aliphatic heterocycles. The summed E-state index contributed by atoms with van der Waals surface area (Å²) in [5, 5.41) is 10.9. The molecule has 0 radical (unpaired) electrons. The zero-order chi connectivity index (χ0) is 25.6. The first kappa shape index (κ1) is 25.8. The van der Waals surface area contributed by atoms with Crippen molar-refractivity contribution in [2.24, 2.45) is 50.7 Å². The smallest absolute Gasteiger partial charge is 0.302 e. The molecular weight excluding hydrogens is 432 g/mol. The van der Waals surface area contributed by atoms with Crippen LogP contribution in [0.3, 0.4) is 0 Å². The van der Waals surface area contributed by atoms with Crippen LogP contribution >= 0.6 is 0 Å². The molecule has 0 amide bonds. The number of esters is 1. The minimum atomic E-state index is -0.171. The molecule has 35 heavy (non-hydrogen) atoms. The molecule has 0 bridgehead atoms. The van der Waals surface area contributed by atoms with Crippen LogP contribution in [0.5, 0.6) is 0 Å². The number of allylic oxidation sites excluding steroid dienone is 2. The van der Waals surface area contributed by atoms with Crippen LogP contribution in [0, 0.1) is 50.7 Å². The Morgan fingerprint density at radius 3 is 2.20 bits per heavy atom. The van der Waals surface area contributed by atoms with Crippen molar-refractivity contribution in [1.82, 2.24) is 0 Å². The fraction of sp³-hybridized carbons (Fsp3) is 0.906. The largest absolute Gasteiger partial charge is 0.462 e. The molecule has 1 N–H and O–H groups in total. The number of hydrogen-bond acceptors (Lipinski definition) is 3. The molecule has 3 nitrogen and oxygen atoms in total. The Morgan fingerprint density at radius 1 is 0.829 bits per heavy atom. The Kier molecular flexibility index (Phi) is 5.96. The number of ether oxygens (including phenoxy) is 1. The number of aliphatic hydroxyl groups excluding tert-OH is 1. The van der Waals surface area contributed by atoms with E-state index in [1.165, 1.54) is 44.9 Å². The molecule has 4 saturated carbocycles. The van der Waals surface area contributed by atoms with Crippen LogP contribution in [0.15, 0.2) is 11.6 Å². The van der Waals surface area contributed by atoms with E-state index in [-0.39, 0.29) is 29.0 Å². The summed E-state index contributed by atoms with van der Waals surface area (Å²) in [4.78, 5) is 11.9. The maximum atomic E-state index is 11.9. The van der Waals surface area contributed by atoms with E-state index in [1.54, 1.807) is 12.5 Å². The molecule has 0 spiro atoms. The van der Waals surface area contributed by atoms with Crippen molar-refractivity contribution >= 4 is 5.97 Å². The highest BCUT2D eigenvalue weighted by molar-refractivity contribution is 5.66. The van der Waals surface area contributed by atoms with E-state index < -0.39 is 0 Å². The Morgan fingerprint density at radius 2 is 1.51 bits per heavy atom. The molecular formula is C32H52O3. The molecule has 5 aliphatic rings. The summed E-state index contributed by atoms with van der Waals surface area (Å²) in [5.74, 6) is 2.44. The topological polar surface area (TPSA) is 46.5 Å². The minimum absolute atomic E-state index is 0.00576. The Bertz CT molecular complexity index is 900. The lowest BCUT2D eigenvalue weighted by molar-refractivity contribution is -0.191. The van der Waals surface area contributed by atoms with E-state index in [1.807, 2.05) is 0 Å². The number of aliphatic hydroxyl groups is 1. The van der Waals surface area contributed by atoms with E-state index in [9.17, 15) is 9.90 Å². The number of hydrogen-bond donors (Lipinski definition) is 1. The van der Waals surface area contributed by atoms with Gasteiger partial charge in [-0.2, -0.15) is 0 Å². The van der Waals surface area contributed by atoms with Crippen molar-refractivity contribution in [3.8, 4) is 0 Å². The van der Waals surface area contributed by atoms with Gasteiger partial charge < -0.3 is 9.84 Å². The fourth-order valence-electron chi connectivity index (χ4n) is 11.3. The molecule has 9 atom stereocenters. The van der Waals surface area contributed by atoms with E-state index in [2.05, 4.69) is 54.5 Å². The van der Waals surface area contributed by atoms with Gasteiger partial charge in [-0.25, -0.2) is 0 Å². The molecule has 3 heteroatoms. The van der Waals surface area contributed by atoms with Crippen molar-refractivity contribution in [2.75, 3.05) is 0 Å². The first-order valence-corrected chi connectivity index (χ1v) is 14.7. The number of carbonyl (C=O) groups excluding carboxylic acids is 1. The second kappa shape index (κ2) is 8.08. The van der Waals surface area contributed by atoms with Crippen molar-refractivity contribution in [3.63, 3.8) is 0 Å². The van der Waals surface area contributed by atoms with Crippen molar-refractivity contribution in [3.05, 3.63) is 11.6 Å². The van der Waals surface area contributed by atoms with Crippen molar-refractivity contribution < 1.29 is 14.6 Å². The average Bonchev–Trinajstić information content (AvgIpc) is 2.90. The second-order valence-corrected chi connectivity index (χ2v) is 15.5. The monoisotopic (exact) mass is 484 g/mol. The number of carbonyl (C=O) groups is 1. The van der Waals surface area contributed by atoms with Crippen LogP contribution in [0.25, 0.3) is 0 Å². The minimum Gasteiger partial charge on any atom is -0.462 e. The average molecular weight is 485 g/mol. The molecule has 5 aliphatic carbocycles. The van der Waals surface area contributed by atoms with Gasteiger partial charge in [-0.15, -0.1) is 0 Å². The fourth-order valence-corrected chi connectivity index (χ4v) is 11.3. The zero-order valence-electron chi connectivity index (χ0n) is 23.9. The lowest BCUT2D eigenvalue weighted by Gasteiger charge is -2.64. The van der Waals surface area contributed by atoms with Gasteiger partial charge in [0.05, 0.1) is 6.10 Å². The van der Waals surface area contributed by atoms with Crippen molar-refractivity contribution in [2.45, 2.75) is 132 Å². The lowest BCUT2D eigenvalue weighted by Crippen LogP contribution is -2.59. The van der Waals surface area contributed by atoms with Gasteiger partial charge in [0, 0.05) is 12.3 Å². The van der Waals surface area contributed by atoms with Crippen LogP contribution in [-0.2, 0) is 9.53 Å². The Balaban J connectivity index is 1.47. The van der Waals surface area contributed by atoms with E-state index in [4.69, 9.17) is 4.74 Å². The summed E-state index contributed by atoms with van der Waals surface area (Å²) < 4.78 is 5.90. The van der Waals surface area contributed by atoms with Crippen LogP contribution in [0.2, 0.25) is 0 Å². The van der Waals surface area contributed by atoms with Crippen LogP contribution in [0.1, 0.15) is 120 Å². The van der Waals surface area contributed by atoms with Gasteiger partial charge in [0.15, 0.2) is 0 Å². The van der Waals surface area contributed by atoms with E-state index in [0.717, 1.165) is 25.2 Å². The maximum absolute atomic E-state index is 11.9. The molecule has 0 saturated heterocycles. The van der Waals surface area contributed by atoms with Crippen LogP contribution in [-0.4, -0.2) is 23.3 Å². The standard InChI is InChI=1S/C32H52O3/c1-20(33)35-27-15-18-32(8)24(29(27,4)5)13-16-30(6)19-21-9-11-23-28(2,3)26(34)14-17-31(23,7)22(21)10-12-25(30)32/h9,22-27,34H,10-19H2,1-8H3/t22-,23-,24+,25-,26-,27-,30-,31+,32-/m0/s1. The molecule has 4 fully saturated rings. The van der Waals surface area contributed by atoms with Gasteiger partial charge >= 0.3 is 5.97 Å². The van der Waals surface area contributed by atoms with Crippen LogP contribution in [0.4, 0.5) is 0 Å². The third-order valence-corrected chi connectivity index (χ3v) is 13.1. The van der Waals surface area contributed by atoms with E-state index in [0.29, 0.717) is 34.0 Å². The molecule has 0 aromatic heterocycles. The number of rotatable bonds is 1. The third-order valence-electron chi connectivity index (χ3n) is 13.1. The molecule has 5 rings (SSSR count). The highest BCUT2D eigenvalue weighted by Gasteiger charge is 2.63. The first-order valence-electron chi connectivity index (χ1n) is 14.7. The van der Waals surface area contributed by atoms with Gasteiger partial charge in [0.25, 0.3) is 0 Å². The predicted octanol–water partition coefficient (Wildman–Crippen LogP) is 7.71. The molecule has 0 aromatic carbocycles. The van der Waals surface area contributed by atoms with Gasteiger partial charge in [0.1, 0.15) is 6.10 Å². The van der Waals surface area contributed by atoms with Crippen LogP contribution < -0.4 is 0 Å². The highest BCUT2D eigenvalue weighted by atomic mass is 16.5. The predicted molar refractivity (Wildman–Crippen MR) is 142 cm³/mol. The lowest BCUT2D eigenvalue weighted by atomic mass is 9.42. The van der Waals surface area contributed by atoms with Gasteiger partial charge in [-0.1, -0.05) is 60.1 Å². The van der Waals surface area contributed by atoms with Gasteiger partial charge in [-0.05, 0) is 110 Å². The SMILES string of the molecule is CC(=O)O[C@H]1CC[C@@]2(C)[C@H](CC[C@@]3(C)CC4=CC[C@H]5C(C)(C)[C@@H](O)CC[C@]5(C)[C@H]4CC[C@@H]32)C1(C)C.